The number of anilines is 1. The molecule has 0 aliphatic carbocycles. The molecule has 0 atom stereocenters. The van der Waals surface area contributed by atoms with Gasteiger partial charge in [-0.3, -0.25) is 18.5 Å². The van der Waals surface area contributed by atoms with Gasteiger partial charge in [0.2, 0.25) is 5.95 Å². The van der Waals surface area contributed by atoms with Crippen LogP contribution in [0.15, 0.2) is 81.4 Å². The van der Waals surface area contributed by atoms with Crippen molar-refractivity contribution in [3.05, 3.63) is 104 Å². The average molecular weight is 453 g/mol. The summed E-state index contributed by atoms with van der Waals surface area (Å²) in [4.78, 5) is 30.2. The number of aromatic nitrogens is 4. The van der Waals surface area contributed by atoms with Crippen LogP contribution in [0, 0.1) is 6.92 Å². The number of hydrogen-bond acceptors (Lipinski definition) is 5. The molecule has 170 valence electrons. The minimum atomic E-state index is -0.429. The fourth-order valence-electron chi connectivity index (χ4n) is 4.10. The van der Waals surface area contributed by atoms with Crippen LogP contribution in [-0.2, 0) is 20.6 Å². The van der Waals surface area contributed by atoms with E-state index in [4.69, 9.17) is 0 Å². The Kier molecular flexibility index (Phi) is 5.33. The Morgan fingerprint density at radius 3 is 2.47 bits per heavy atom. The first-order valence-electron chi connectivity index (χ1n) is 10.9. The SMILES string of the molecule is Cc1ccc(C=NNc2nc3c(c(=O)n(C)c(=O)n3C)n2Cc2cccc3ccccc23)cc1. The van der Waals surface area contributed by atoms with Crippen LogP contribution in [0.3, 0.4) is 0 Å². The number of rotatable bonds is 5. The molecule has 0 amide bonds. The predicted molar refractivity (Wildman–Crippen MR) is 136 cm³/mol. The molecular weight excluding hydrogens is 428 g/mol. The van der Waals surface area contributed by atoms with Crippen LogP contribution in [0.5, 0.6) is 0 Å². The standard InChI is InChI=1S/C26H24N6O2/c1-17-11-13-18(14-12-17)15-27-29-25-28-23-22(24(33)31(3)26(34)30(23)2)32(25)16-20-9-6-8-19-7-4-5-10-21(19)20/h4-15H,16H2,1-3H3,(H,28,29). The van der Waals surface area contributed by atoms with Crippen molar-refractivity contribution in [2.45, 2.75) is 13.5 Å². The van der Waals surface area contributed by atoms with E-state index in [9.17, 15) is 9.59 Å². The number of aryl methyl sites for hydroxylation is 2. The van der Waals surface area contributed by atoms with Gasteiger partial charge in [-0.1, -0.05) is 72.3 Å². The number of hydrazone groups is 1. The molecular formula is C26H24N6O2. The molecule has 0 saturated carbocycles. The first-order chi connectivity index (χ1) is 16.4. The molecule has 0 aliphatic heterocycles. The zero-order valence-electron chi connectivity index (χ0n) is 19.2. The van der Waals surface area contributed by atoms with Gasteiger partial charge in [0.25, 0.3) is 5.56 Å². The van der Waals surface area contributed by atoms with Gasteiger partial charge >= 0.3 is 5.69 Å². The van der Waals surface area contributed by atoms with E-state index in [0.717, 1.165) is 26.5 Å². The Labute approximate surface area is 195 Å². The lowest BCUT2D eigenvalue weighted by Crippen LogP contribution is -2.37. The maximum atomic E-state index is 13.1. The summed E-state index contributed by atoms with van der Waals surface area (Å²) in [5.74, 6) is 0.379. The van der Waals surface area contributed by atoms with Crippen molar-refractivity contribution in [2.75, 3.05) is 5.43 Å². The van der Waals surface area contributed by atoms with Crippen LogP contribution in [0.4, 0.5) is 5.95 Å². The molecule has 2 heterocycles. The summed E-state index contributed by atoms with van der Waals surface area (Å²) < 4.78 is 4.26. The van der Waals surface area contributed by atoms with Gasteiger partial charge in [0.1, 0.15) is 0 Å². The fourth-order valence-corrected chi connectivity index (χ4v) is 4.10. The predicted octanol–water partition coefficient (Wildman–Crippen LogP) is 3.39. The highest BCUT2D eigenvalue weighted by atomic mass is 16.2. The Morgan fingerprint density at radius 1 is 0.941 bits per heavy atom. The molecule has 2 aromatic heterocycles. The van der Waals surface area contributed by atoms with Crippen molar-refractivity contribution in [1.29, 1.82) is 0 Å². The van der Waals surface area contributed by atoms with Crippen molar-refractivity contribution in [1.82, 2.24) is 18.7 Å². The first kappa shape index (κ1) is 21.4. The van der Waals surface area contributed by atoms with Gasteiger partial charge in [0.05, 0.1) is 12.8 Å². The molecule has 8 heteroatoms. The van der Waals surface area contributed by atoms with E-state index in [1.54, 1.807) is 17.8 Å². The van der Waals surface area contributed by atoms with Crippen LogP contribution in [-0.4, -0.2) is 24.9 Å². The maximum absolute atomic E-state index is 13.1. The molecule has 0 unspecified atom stereocenters. The third kappa shape index (κ3) is 3.69. The lowest BCUT2D eigenvalue weighted by atomic mass is 10.0. The van der Waals surface area contributed by atoms with Crippen LogP contribution in [0.2, 0.25) is 0 Å². The number of imidazole rings is 1. The van der Waals surface area contributed by atoms with Crippen molar-refractivity contribution in [3.8, 4) is 0 Å². The topological polar surface area (TPSA) is 86.2 Å². The number of benzene rings is 3. The summed E-state index contributed by atoms with van der Waals surface area (Å²) >= 11 is 0. The molecule has 1 N–H and O–H groups in total. The minimum Gasteiger partial charge on any atom is -0.298 e. The Balaban J connectivity index is 1.65. The van der Waals surface area contributed by atoms with E-state index >= 15 is 0 Å². The van der Waals surface area contributed by atoms with Gasteiger partial charge < -0.3 is 0 Å². The molecule has 0 fully saturated rings. The van der Waals surface area contributed by atoms with E-state index in [0.29, 0.717) is 23.7 Å². The number of nitrogens with one attached hydrogen (secondary N) is 1. The molecule has 0 saturated heterocycles. The maximum Gasteiger partial charge on any atom is 0.332 e. The lowest BCUT2D eigenvalue weighted by Gasteiger charge is -2.11. The van der Waals surface area contributed by atoms with Crippen LogP contribution >= 0.6 is 0 Å². The van der Waals surface area contributed by atoms with Gasteiger partial charge in [0.15, 0.2) is 11.2 Å². The van der Waals surface area contributed by atoms with Crippen molar-refractivity contribution < 1.29 is 0 Å². The number of fused-ring (bicyclic) bond motifs is 2. The summed E-state index contributed by atoms with van der Waals surface area (Å²) in [6.07, 6.45) is 1.69. The molecule has 34 heavy (non-hydrogen) atoms. The van der Waals surface area contributed by atoms with Gasteiger partial charge in [-0.2, -0.15) is 10.1 Å². The lowest BCUT2D eigenvalue weighted by molar-refractivity contribution is 0.703. The zero-order valence-corrected chi connectivity index (χ0v) is 19.2. The third-order valence-corrected chi connectivity index (χ3v) is 6.01. The van der Waals surface area contributed by atoms with Gasteiger partial charge in [-0.25, -0.2) is 10.2 Å². The minimum absolute atomic E-state index is 0.307. The average Bonchev–Trinajstić information content (AvgIpc) is 3.21. The molecule has 0 spiro atoms. The summed E-state index contributed by atoms with van der Waals surface area (Å²) in [7, 11) is 3.08. The largest absolute Gasteiger partial charge is 0.332 e. The van der Waals surface area contributed by atoms with Crippen LogP contribution in [0.1, 0.15) is 16.7 Å². The fraction of sp³-hybridized carbons (Fsp3) is 0.154. The Morgan fingerprint density at radius 2 is 1.68 bits per heavy atom. The highest BCUT2D eigenvalue weighted by Crippen LogP contribution is 2.23. The van der Waals surface area contributed by atoms with E-state index in [2.05, 4.69) is 33.7 Å². The molecule has 3 aromatic carbocycles. The second-order valence-electron chi connectivity index (χ2n) is 8.32. The van der Waals surface area contributed by atoms with Gasteiger partial charge in [-0.05, 0) is 28.8 Å². The smallest absolute Gasteiger partial charge is 0.298 e. The molecule has 8 nitrogen and oxygen atoms in total. The van der Waals surface area contributed by atoms with Gasteiger partial charge in [-0.15, -0.1) is 0 Å². The highest BCUT2D eigenvalue weighted by Gasteiger charge is 2.19. The second kappa shape index (κ2) is 8.47. The number of nitrogens with zero attached hydrogens (tertiary/aromatic N) is 5. The second-order valence-corrected chi connectivity index (χ2v) is 8.32. The molecule has 5 rings (SSSR count). The number of hydrogen-bond donors (Lipinski definition) is 1. The monoisotopic (exact) mass is 452 g/mol. The van der Waals surface area contributed by atoms with E-state index in [1.165, 1.54) is 17.2 Å². The summed E-state index contributed by atoms with van der Waals surface area (Å²) in [6.45, 7) is 2.41. The molecule has 0 aliphatic rings. The summed E-state index contributed by atoms with van der Waals surface area (Å²) in [6, 6.07) is 22.1. The molecule has 0 radical (unpaired) electrons. The summed E-state index contributed by atoms with van der Waals surface area (Å²) in [5.41, 5.74) is 5.92. The van der Waals surface area contributed by atoms with Crippen molar-refractivity contribution >= 4 is 34.1 Å². The quantitative estimate of drug-likeness (QED) is 0.327. The highest BCUT2D eigenvalue weighted by molar-refractivity contribution is 5.86. The summed E-state index contributed by atoms with van der Waals surface area (Å²) in [5, 5.41) is 6.54. The van der Waals surface area contributed by atoms with Crippen molar-refractivity contribution in [3.63, 3.8) is 0 Å². The molecule has 0 bridgehead atoms. The Bertz CT molecular complexity index is 1670. The van der Waals surface area contributed by atoms with E-state index in [1.807, 2.05) is 55.5 Å². The van der Waals surface area contributed by atoms with E-state index in [-0.39, 0.29) is 0 Å². The van der Waals surface area contributed by atoms with Crippen LogP contribution in [0.25, 0.3) is 21.9 Å². The molecule has 5 aromatic rings. The third-order valence-electron chi connectivity index (χ3n) is 6.01. The zero-order chi connectivity index (χ0) is 23.8. The van der Waals surface area contributed by atoms with Crippen LogP contribution < -0.4 is 16.7 Å². The first-order valence-corrected chi connectivity index (χ1v) is 10.9. The van der Waals surface area contributed by atoms with Crippen molar-refractivity contribution in [2.24, 2.45) is 19.2 Å². The normalized spacial score (nSPS) is 11.6. The van der Waals surface area contributed by atoms with Gasteiger partial charge in [0, 0.05) is 14.1 Å². The Hall–Kier alpha value is -4.46. The van der Waals surface area contributed by atoms with E-state index < -0.39 is 11.2 Å².